The van der Waals surface area contributed by atoms with E-state index >= 15 is 0 Å². The fourth-order valence-corrected chi connectivity index (χ4v) is 4.05. The molecule has 1 aliphatic heterocycles. The second kappa shape index (κ2) is 6.49. The summed E-state index contributed by atoms with van der Waals surface area (Å²) in [5.41, 5.74) is 1.11. The van der Waals surface area contributed by atoms with Gasteiger partial charge in [0.25, 0.3) is 0 Å². The van der Waals surface area contributed by atoms with Gasteiger partial charge >= 0.3 is 0 Å². The summed E-state index contributed by atoms with van der Waals surface area (Å²) in [7, 11) is 4.30. The van der Waals surface area contributed by atoms with Gasteiger partial charge in [-0.05, 0) is 42.9 Å². The molecule has 4 nitrogen and oxygen atoms in total. The van der Waals surface area contributed by atoms with Gasteiger partial charge in [0.05, 0.1) is 16.2 Å². The van der Waals surface area contributed by atoms with Crippen molar-refractivity contribution < 1.29 is 0 Å². The van der Waals surface area contributed by atoms with Gasteiger partial charge in [0.2, 0.25) is 0 Å². The Bertz CT molecular complexity index is 519. The molecule has 116 valence electrons. The third kappa shape index (κ3) is 3.26. The summed E-state index contributed by atoms with van der Waals surface area (Å²) in [5, 5.41) is 0.559. The van der Waals surface area contributed by atoms with E-state index < -0.39 is 0 Å². The van der Waals surface area contributed by atoms with Crippen LogP contribution >= 0.6 is 27.5 Å². The summed E-state index contributed by atoms with van der Waals surface area (Å²) < 4.78 is 0.895. The molecule has 0 N–H and O–H groups in total. The van der Waals surface area contributed by atoms with E-state index in [1.54, 1.807) is 0 Å². The molecule has 0 radical (unpaired) electrons. The van der Waals surface area contributed by atoms with Crippen LogP contribution in [0.3, 0.4) is 0 Å². The molecule has 0 spiro atoms. The Hall–Kier alpha value is -0.230. The van der Waals surface area contributed by atoms with Crippen molar-refractivity contribution in [2.24, 2.45) is 0 Å². The summed E-state index contributed by atoms with van der Waals surface area (Å²) in [4.78, 5) is 14.1. The highest BCUT2D eigenvalue weighted by Crippen LogP contribution is 2.39. The number of halogens is 2. The highest BCUT2D eigenvalue weighted by Gasteiger charge is 2.29. The van der Waals surface area contributed by atoms with Crippen LogP contribution in [0.1, 0.15) is 49.2 Å². The normalized spacial score (nSPS) is 25.6. The summed E-state index contributed by atoms with van der Waals surface area (Å²) >= 11 is 9.97. The van der Waals surface area contributed by atoms with Gasteiger partial charge in [0.1, 0.15) is 11.0 Å². The monoisotopic (exact) mass is 372 g/mol. The molecule has 0 aromatic carbocycles. The molecule has 2 heterocycles. The topological polar surface area (TPSA) is 32.3 Å². The molecule has 0 amide bonds. The Labute approximate surface area is 140 Å². The molecule has 1 atom stereocenters. The highest BCUT2D eigenvalue weighted by atomic mass is 79.9. The first-order valence-corrected chi connectivity index (χ1v) is 8.85. The largest absolute Gasteiger partial charge is 0.303 e. The Morgan fingerprint density at radius 3 is 2.57 bits per heavy atom. The lowest BCUT2D eigenvalue weighted by atomic mass is 10.0. The van der Waals surface area contributed by atoms with Crippen LogP contribution in [0, 0.1) is 0 Å². The van der Waals surface area contributed by atoms with Crippen molar-refractivity contribution in [2.75, 3.05) is 33.7 Å². The maximum absolute atomic E-state index is 6.37. The minimum Gasteiger partial charge on any atom is -0.303 e. The van der Waals surface area contributed by atoms with Crippen molar-refractivity contribution in [2.45, 2.75) is 37.6 Å². The van der Waals surface area contributed by atoms with E-state index in [4.69, 9.17) is 16.6 Å². The van der Waals surface area contributed by atoms with E-state index in [2.05, 4.69) is 44.8 Å². The van der Waals surface area contributed by atoms with Crippen LogP contribution in [0.4, 0.5) is 0 Å². The molecule has 3 rings (SSSR count). The van der Waals surface area contributed by atoms with Crippen LogP contribution in [-0.2, 0) is 0 Å². The second-order valence-corrected chi connectivity index (χ2v) is 7.46. The summed E-state index contributed by atoms with van der Waals surface area (Å²) in [6.45, 7) is 3.09. The van der Waals surface area contributed by atoms with Crippen LogP contribution in [0.25, 0.3) is 0 Å². The Morgan fingerprint density at radius 1 is 1.14 bits per heavy atom. The minimum absolute atomic E-state index is 0.231. The molecule has 0 bridgehead atoms. The molecule has 1 aromatic rings. The number of hydrogen-bond donors (Lipinski definition) is 0. The first kappa shape index (κ1) is 15.7. The van der Waals surface area contributed by atoms with Crippen LogP contribution in [0.15, 0.2) is 4.47 Å². The van der Waals surface area contributed by atoms with Gasteiger partial charge in [-0.3, -0.25) is 4.90 Å². The quantitative estimate of drug-likeness (QED) is 0.743. The maximum Gasteiger partial charge on any atom is 0.148 e. The third-order valence-electron chi connectivity index (χ3n) is 4.74. The molecule has 1 saturated carbocycles. The van der Waals surface area contributed by atoms with E-state index in [9.17, 15) is 0 Å². The molecule has 2 fully saturated rings. The zero-order chi connectivity index (χ0) is 15.0. The van der Waals surface area contributed by atoms with Gasteiger partial charge < -0.3 is 4.90 Å². The number of hydrogen-bond acceptors (Lipinski definition) is 4. The van der Waals surface area contributed by atoms with Crippen molar-refractivity contribution in [1.29, 1.82) is 0 Å². The molecule has 1 unspecified atom stereocenters. The van der Waals surface area contributed by atoms with E-state index in [0.717, 1.165) is 35.6 Å². The summed E-state index contributed by atoms with van der Waals surface area (Å²) in [6.07, 6.45) is 5.01. The van der Waals surface area contributed by atoms with Crippen LogP contribution < -0.4 is 0 Å². The van der Waals surface area contributed by atoms with Gasteiger partial charge in [-0.1, -0.05) is 24.4 Å². The summed E-state index contributed by atoms with van der Waals surface area (Å²) in [5.74, 6) is 1.41. The molecule has 1 aromatic heterocycles. The number of rotatable bonds is 2. The number of nitrogens with zero attached hydrogens (tertiary/aromatic N) is 4. The van der Waals surface area contributed by atoms with E-state index in [-0.39, 0.29) is 6.04 Å². The van der Waals surface area contributed by atoms with E-state index in [1.165, 1.54) is 25.7 Å². The average Bonchev–Trinajstić information content (AvgIpc) is 2.98. The van der Waals surface area contributed by atoms with Gasteiger partial charge in [0.15, 0.2) is 0 Å². The predicted molar refractivity (Wildman–Crippen MR) is 88.8 cm³/mol. The lowest BCUT2D eigenvalue weighted by Gasteiger charge is -2.37. The van der Waals surface area contributed by atoms with Crippen LogP contribution in [-0.4, -0.2) is 53.5 Å². The van der Waals surface area contributed by atoms with Crippen molar-refractivity contribution >= 4 is 27.5 Å². The van der Waals surface area contributed by atoms with Gasteiger partial charge in [-0.25, -0.2) is 9.97 Å². The molecule has 1 aliphatic carbocycles. The predicted octanol–water partition coefficient (Wildman–Crippen LogP) is 3.47. The van der Waals surface area contributed by atoms with Crippen molar-refractivity contribution in [1.82, 2.24) is 19.8 Å². The Kier molecular flexibility index (Phi) is 4.84. The smallest absolute Gasteiger partial charge is 0.148 e. The average molecular weight is 374 g/mol. The zero-order valence-electron chi connectivity index (χ0n) is 12.6. The first-order chi connectivity index (χ1) is 10.1. The van der Waals surface area contributed by atoms with Crippen molar-refractivity contribution in [3.05, 3.63) is 21.1 Å². The lowest BCUT2D eigenvalue weighted by molar-refractivity contribution is 0.109. The van der Waals surface area contributed by atoms with Crippen LogP contribution in [0.5, 0.6) is 0 Å². The maximum atomic E-state index is 6.37. The second-order valence-electron chi connectivity index (χ2n) is 6.31. The van der Waals surface area contributed by atoms with E-state index in [1.807, 2.05) is 0 Å². The fourth-order valence-electron chi connectivity index (χ4n) is 3.36. The number of piperazine rings is 1. The SMILES string of the molecule is CN1CCN(C)C(c2nc(Cl)c(Br)c(C3CCCC3)n2)C1. The Morgan fingerprint density at radius 2 is 1.86 bits per heavy atom. The van der Waals surface area contributed by atoms with Crippen molar-refractivity contribution in [3.8, 4) is 0 Å². The highest BCUT2D eigenvalue weighted by molar-refractivity contribution is 9.10. The molecular weight excluding hydrogens is 352 g/mol. The summed E-state index contributed by atoms with van der Waals surface area (Å²) in [6, 6.07) is 0.231. The molecular formula is C15H22BrClN4. The molecule has 1 saturated heterocycles. The van der Waals surface area contributed by atoms with E-state index in [0.29, 0.717) is 11.1 Å². The Balaban J connectivity index is 1.94. The molecule has 6 heteroatoms. The lowest BCUT2D eigenvalue weighted by Crippen LogP contribution is -2.45. The van der Waals surface area contributed by atoms with Crippen molar-refractivity contribution in [3.63, 3.8) is 0 Å². The standard InChI is InChI=1S/C15H22BrClN4/c1-20-7-8-21(2)11(9-20)15-18-13(10-5-3-4-6-10)12(16)14(17)19-15/h10-11H,3-9H2,1-2H3. The minimum atomic E-state index is 0.231. The number of likely N-dealkylation sites (N-methyl/N-ethyl adjacent to an activating group) is 2. The van der Waals surface area contributed by atoms with Gasteiger partial charge in [-0.2, -0.15) is 0 Å². The van der Waals surface area contributed by atoms with Gasteiger partial charge in [0, 0.05) is 25.6 Å². The fraction of sp³-hybridized carbons (Fsp3) is 0.733. The van der Waals surface area contributed by atoms with Crippen LogP contribution in [0.2, 0.25) is 5.15 Å². The van der Waals surface area contributed by atoms with Gasteiger partial charge in [-0.15, -0.1) is 0 Å². The third-order valence-corrected chi connectivity index (χ3v) is 6.03. The number of aromatic nitrogens is 2. The first-order valence-electron chi connectivity index (χ1n) is 7.68. The molecule has 2 aliphatic rings. The molecule has 21 heavy (non-hydrogen) atoms. The zero-order valence-corrected chi connectivity index (χ0v) is 15.0.